The second kappa shape index (κ2) is 13.9. The maximum absolute atomic E-state index is 6.60. The largest absolute Gasteiger partial charge is 0.456 e. The summed E-state index contributed by atoms with van der Waals surface area (Å²) in [5.74, 6) is 0. The summed E-state index contributed by atoms with van der Waals surface area (Å²) in [6.07, 6.45) is 2.31. The normalized spacial score (nSPS) is 15.0. The monoisotopic (exact) mass is 827 g/mol. The summed E-state index contributed by atoms with van der Waals surface area (Å²) < 4.78 is 9.21. The van der Waals surface area contributed by atoms with Crippen molar-refractivity contribution in [2.75, 3.05) is 5.32 Å². The molecular weight excluding hydrogens is 775 g/mol. The van der Waals surface area contributed by atoms with Crippen molar-refractivity contribution in [3.63, 3.8) is 0 Å². The van der Waals surface area contributed by atoms with E-state index in [-0.39, 0.29) is 16.2 Å². The Morgan fingerprint density at radius 3 is 1.97 bits per heavy atom. The lowest BCUT2D eigenvalue weighted by molar-refractivity contribution is 0.332. The second-order valence-corrected chi connectivity index (χ2v) is 20.7. The van der Waals surface area contributed by atoms with Gasteiger partial charge in [-0.1, -0.05) is 157 Å². The molecule has 0 unspecified atom stereocenters. The number of hydrogen-bond donors (Lipinski definition) is 1. The van der Waals surface area contributed by atoms with Gasteiger partial charge in [-0.2, -0.15) is 0 Å². The van der Waals surface area contributed by atoms with Crippen molar-refractivity contribution in [3.8, 4) is 39.1 Å². The van der Waals surface area contributed by atoms with Crippen molar-refractivity contribution >= 4 is 73.3 Å². The fourth-order valence-corrected chi connectivity index (χ4v) is 11.0. The SMILES string of the molecule is CC(C)(C)c1ccc(Nc2ccccc2-c2cc(-c3ccccc3-c3ccccc3)c3c4cc5c(cc4n4c3c2[B]c2cc3oc6ccccc6c3cc2-4)C(C)(C)CCC5(C)C)cc1. The number of benzene rings is 8. The van der Waals surface area contributed by atoms with E-state index in [4.69, 9.17) is 4.42 Å². The van der Waals surface area contributed by atoms with E-state index in [0.29, 0.717) is 0 Å². The Kier molecular flexibility index (Phi) is 8.42. The average molecular weight is 828 g/mol. The predicted octanol–water partition coefficient (Wildman–Crippen LogP) is 15.0. The van der Waals surface area contributed by atoms with Gasteiger partial charge in [0.15, 0.2) is 7.28 Å². The number of hydrogen-bond acceptors (Lipinski definition) is 2. The first kappa shape index (κ1) is 38.9. The lowest BCUT2D eigenvalue weighted by Gasteiger charge is -2.42. The molecule has 1 N–H and O–H groups in total. The van der Waals surface area contributed by atoms with Crippen molar-refractivity contribution in [2.45, 2.75) is 77.6 Å². The van der Waals surface area contributed by atoms with Gasteiger partial charge in [0.2, 0.25) is 0 Å². The Labute approximate surface area is 377 Å². The van der Waals surface area contributed by atoms with Crippen LogP contribution in [0.5, 0.6) is 0 Å². The molecule has 1 radical (unpaired) electrons. The van der Waals surface area contributed by atoms with Gasteiger partial charge in [-0.15, -0.1) is 0 Å². The minimum Gasteiger partial charge on any atom is -0.456 e. The van der Waals surface area contributed by atoms with E-state index in [1.165, 1.54) is 77.5 Å². The van der Waals surface area contributed by atoms with Gasteiger partial charge in [-0.05, 0) is 134 Å². The molecule has 10 aromatic rings. The Morgan fingerprint density at radius 2 is 1.22 bits per heavy atom. The van der Waals surface area contributed by atoms with Crippen molar-refractivity contribution in [3.05, 3.63) is 174 Å². The lowest BCUT2D eigenvalue weighted by atomic mass is 9.58. The zero-order chi connectivity index (χ0) is 43.7. The first-order valence-electron chi connectivity index (χ1n) is 23.0. The number of nitrogens with zero attached hydrogens (tertiary/aromatic N) is 1. The molecule has 0 spiro atoms. The van der Waals surface area contributed by atoms with Crippen LogP contribution in [0, 0.1) is 0 Å². The van der Waals surface area contributed by atoms with Crippen LogP contribution in [0.1, 0.15) is 78.0 Å². The number of furan rings is 1. The molecule has 1 aliphatic carbocycles. The molecule has 0 amide bonds. The molecule has 12 rings (SSSR count). The molecule has 0 fully saturated rings. The molecular formula is C60H52BN2O. The number of fused-ring (bicyclic) bond motifs is 9. The van der Waals surface area contributed by atoms with E-state index >= 15 is 0 Å². The number of nitrogens with one attached hydrogen (secondary N) is 1. The number of aromatic nitrogens is 1. The van der Waals surface area contributed by atoms with Gasteiger partial charge in [0.1, 0.15) is 11.2 Å². The van der Waals surface area contributed by atoms with Crippen LogP contribution >= 0.6 is 0 Å². The van der Waals surface area contributed by atoms with Crippen LogP contribution < -0.4 is 16.2 Å². The van der Waals surface area contributed by atoms with Gasteiger partial charge in [-0.25, -0.2) is 0 Å². The van der Waals surface area contributed by atoms with Crippen molar-refractivity contribution < 1.29 is 4.42 Å². The molecule has 0 atom stereocenters. The van der Waals surface area contributed by atoms with Gasteiger partial charge in [0.05, 0.1) is 5.52 Å². The Morgan fingerprint density at radius 1 is 0.562 bits per heavy atom. The average Bonchev–Trinajstić information content (AvgIpc) is 3.83. The zero-order valence-corrected chi connectivity index (χ0v) is 37.9. The summed E-state index contributed by atoms with van der Waals surface area (Å²) in [6, 6.07) is 58.5. The van der Waals surface area contributed by atoms with Crippen LogP contribution in [0.15, 0.2) is 162 Å². The third-order valence-electron chi connectivity index (χ3n) is 14.7. The third kappa shape index (κ3) is 5.95. The standard InChI is InChI=1S/C60H52BN2O/c1-58(2,3)37-25-27-38(28-26-37)62-50-23-15-13-21-41(50)45-31-44(40-20-12-11-19-39(40)36-17-9-8-10-18-36)55-46-32-47-48(60(6,7)30-29-59(47,4)5)34-51(46)63-52-33-43-42-22-14-16-24-53(42)64-54(43)35-49(52)61-56(45)57(55)63/h8-28,31-35,62H,29-30H2,1-7H3. The summed E-state index contributed by atoms with van der Waals surface area (Å²) >= 11 is 0. The Balaban J connectivity index is 1.23. The van der Waals surface area contributed by atoms with E-state index in [0.717, 1.165) is 57.2 Å². The minimum atomic E-state index is 0.0382. The van der Waals surface area contributed by atoms with E-state index in [1.807, 2.05) is 0 Å². The molecule has 3 nitrogen and oxygen atoms in total. The quantitative estimate of drug-likeness (QED) is 0.175. The summed E-state index contributed by atoms with van der Waals surface area (Å²) in [7, 11) is 2.44. The van der Waals surface area contributed by atoms with Crippen LogP contribution in [-0.2, 0) is 16.2 Å². The van der Waals surface area contributed by atoms with Crippen LogP contribution in [0.4, 0.5) is 11.4 Å². The Hall–Kier alpha value is -6.78. The number of anilines is 2. The highest BCUT2D eigenvalue weighted by molar-refractivity contribution is 6.74. The molecule has 2 aromatic heterocycles. The molecule has 311 valence electrons. The van der Waals surface area contributed by atoms with Gasteiger partial charge >= 0.3 is 0 Å². The van der Waals surface area contributed by atoms with Crippen LogP contribution in [0.2, 0.25) is 0 Å². The van der Waals surface area contributed by atoms with E-state index < -0.39 is 0 Å². The maximum atomic E-state index is 6.60. The van der Waals surface area contributed by atoms with Crippen molar-refractivity contribution in [1.82, 2.24) is 4.57 Å². The highest BCUT2D eigenvalue weighted by Gasteiger charge is 2.39. The summed E-state index contributed by atoms with van der Waals surface area (Å²) in [5.41, 5.74) is 21.6. The van der Waals surface area contributed by atoms with E-state index in [2.05, 4.69) is 223 Å². The Bertz CT molecular complexity index is 3520. The molecule has 4 heteroatoms. The third-order valence-corrected chi connectivity index (χ3v) is 14.7. The highest BCUT2D eigenvalue weighted by atomic mass is 16.3. The topological polar surface area (TPSA) is 30.1 Å². The number of para-hydroxylation sites is 2. The summed E-state index contributed by atoms with van der Waals surface area (Å²) in [5, 5.41) is 8.75. The smallest absolute Gasteiger partial charge is 0.198 e. The molecule has 0 saturated carbocycles. The molecule has 2 aliphatic rings. The minimum absolute atomic E-state index is 0.0382. The van der Waals surface area contributed by atoms with Gasteiger partial charge in [0.25, 0.3) is 0 Å². The molecule has 0 saturated heterocycles. The summed E-state index contributed by atoms with van der Waals surface area (Å²) in [6.45, 7) is 16.6. The van der Waals surface area contributed by atoms with E-state index in [9.17, 15) is 0 Å². The number of rotatable bonds is 5. The molecule has 1 aliphatic heterocycles. The second-order valence-electron chi connectivity index (χ2n) is 20.7. The fourth-order valence-electron chi connectivity index (χ4n) is 11.0. The molecule has 3 heterocycles. The van der Waals surface area contributed by atoms with Crippen LogP contribution in [0.3, 0.4) is 0 Å². The summed E-state index contributed by atoms with van der Waals surface area (Å²) in [4.78, 5) is 0. The van der Waals surface area contributed by atoms with Gasteiger partial charge in [0, 0.05) is 49.7 Å². The maximum Gasteiger partial charge on any atom is 0.198 e. The van der Waals surface area contributed by atoms with Crippen LogP contribution in [0.25, 0.3) is 82.8 Å². The molecule has 0 bridgehead atoms. The fraction of sp³-hybridized carbons (Fsp3) is 0.200. The predicted molar refractivity (Wildman–Crippen MR) is 273 cm³/mol. The molecule has 8 aromatic carbocycles. The van der Waals surface area contributed by atoms with Crippen molar-refractivity contribution in [1.29, 1.82) is 0 Å². The van der Waals surface area contributed by atoms with Crippen LogP contribution in [-0.4, -0.2) is 11.8 Å². The first-order valence-corrected chi connectivity index (χ1v) is 23.0. The van der Waals surface area contributed by atoms with Crippen molar-refractivity contribution in [2.24, 2.45) is 0 Å². The van der Waals surface area contributed by atoms with Gasteiger partial charge in [-0.3, -0.25) is 0 Å². The van der Waals surface area contributed by atoms with E-state index in [1.54, 1.807) is 0 Å². The highest BCUT2D eigenvalue weighted by Crippen LogP contribution is 2.51. The van der Waals surface area contributed by atoms with Gasteiger partial charge < -0.3 is 14.3 Å². The first-order chi connectivity index (χ1) is 30.8. The zero-order valence-electron chi connectivity index (χ0n) is 37.9. The lowest BCUT2D eigenvalue weighted by Crippen LogP contribution is -2.37. The molecule has 64 heavy (non-hydrogen) atoms.